The van der Waals surface area contributed by atoms with Gasteiger partial charge in [-0.25, -0.2) is 9.97 Å². The summed E-state index contributed by atoms with van der Waals surface area (Å²) in [5.74, 6) is 0.134. The number of piperidine rings is 1. The van der Waals surface area contributed by atoms with Crippen LogP contribution >= 0.6 is 0 Å². The lowest BCUT2D eigenvalue weighted by molar-refractivity contribution is 0.0198. The van der Waals surface area contributed by atoms with Crippen LogP contribution in [0.1, 0.15) is 29.2 Å². The molecule has 5 aromatic rings. The summed E-state index contributed by atoms with van der Waals surface area (Å²) in [6.45, 7) is 3.59. The fourth-order valence-electron chi connectivity index (χ4n) is 5.77. The van der Waals surface area contributed by atoms with Crippen molar-refractivity contribution in [3.05, 3.63) is 91.1 Å². The summed E-state index contributed by atoms with van der Waals surface area (Å²) < 4.78 is 2.07. The SMILES string of the molecule is O=C(c1ccc(-c2ccccc2)cc1)N1CCC(N2CC(n3cc(-c4ncnc5[nH]ccc45)cn3)C2)CC1. The zero-order valence-electron chi connectivity index (χ0n) is 21.1. The van der Waals surface area contributed by atoms with E-state index in [2.05, 4.69) is 48.0 Å². The predicted octanol–water partition coefficient (Wildman–Crippen LogP) is 4.65. The maximum Gasteiger partial charge on any atom is 0.253 e. The van der Waals surface area contributed by atoms with Crippen LogP contribution in [0.3, 0.4) is 0 Å². The first-order valence-corrected chi connectivity index (χ1v) is 13.2. The largest absolute Gasteiger partial charge is 0.346 e. The zero-order chi connectivity index (χ0) is 25.5. The first-order valence-electron chi connectivity index (χ1n) is 13.2. The lowest BCUT2D eigenvalue weighted by atomic mass is 9.97. The van der Waals surface area contributed by atoms with Crippen molar-refractivity contribution in [1.82, 2.24) is 34.5 Å². The molecule has 2 saturated heterocycles. The van der Waals surface area contributed by atoms with Gasteiger partial charge in [0.2, 0.25) is 0 Å². The summed E-state index contributed by atoms with van der Waals surface area (Å²) in [6, 6.07) is 21.2. The molecule has 1 amide bonds. The number of amides is 1. The van der Waals surface area contributed by atoms with Gasteiger partial charge in [-0.15, -0.1) is 0 Å². The van der Waals surface area contributed by atoms with Crippen molar-refractivity contribution in [2.45, 2.75) is 24.9 Å². The van der Waals surface area contributed by atoms with Crippen molar-refractivity contribution >= 4 is 16.9 Å². The van der Waals surface area contributed by atoms with Crippen molar-refractivity contribution in [2.75, 3.05) is 26.2 Å². The number of nitrogens with zero attached hydrogens (tertiary/aromatic N) is 6. The maximum atomic E-state index is 13.1. The number of nitrogens with one attached hydrogen (secondary N) is 1. The number of hydrogen-bond acceptors (Lipinski definition) is 5. The second kappa shape index (κ2) is 9.54. The number of carbonyl (C=O) groups is 1. The lowest BCUT2D eigenvalue weighted by Crippen LogP contribution is -2.56. The van der Waals surface area contributed by atoms with E-state index in [0.717, 1.165) is 72.4 Å². The summed E-state index contributed by atoms with van der Waals surface area (Å²) in [4.78, 5) is 29.6. The molecule has 190 valence electrons. The highest BCUT2D eigenvalue weighted by Crippen LogP contribution is 2.31. The Balaban J connectivity index is 0.931. The van der Waals surface area contributed by atoms with Gasteiger partial charge in [0.1, 0.15) is 12.0 Å². The van der Waals surface area contributed by atoms with E-state index in [1.165, 1.54) is 5.56 Å². The van der Waals surface area contributed by atoms with Crippen LogP contribution in [0.5, 0.6) is 0 Å². The van der Waals surface area contributed by atoms with Gasteiger partial charge >= 0.3 is 0 Å². The van der Waals surface area contributed by atoms with Gasteiger partial charge in [-0.1, -0.05) is 42.5 Å². The van der Waals surface area contributed by atoms with Crippen molar-refractivity contribution in [2.24, 2.45) is 0 Å². The molecule has 0 radical (unpaired) electrons. The summed E-state index contributed by atoms with van der Waals surface area (Å²) in [6.07, 6.45) is 9.49. The molecule has 0 unspecified atom stereocenters. The Bertz CT molecular complexity index is 1560. The van der Waals surface area contributed by atoms with Crippen LogP contribution in [0.2, 0.25) is 0 Å². The molecule has 5 heterocycles. The highest BCUT2D eigenvalue weighted by Gasteiger charge is 2.36. The number of likely N-dealkylation sites (tertiary alicyclic amines) is 2. The van der Waals surface area contributed by atoms with Gasteiger partial charge in [-0.2, -0.15) is 5.10 Å². The van der Waals surface area contributed by atoms with Gasteiger partial charge in [0, 0.05) is 61.1 Å². The Morgan fingerprint density at radius 3 is 2.39 bits per heavy atom. The highest BCUT2D eigenvalue weighted by molar-refractivity contribution is 5.94. The van der Waals surface area contributed by atoms with E-state index in [4.69, 9.17) is 0 Å². The number of fused-ring (bicyclic) bond motifs is 1. The fourth-order valence-corrected chi connectivity index (χ4v) is 5.77. The number of carbonyl (C=O) groups excluding carboxylic acids is 1. The van der Waals surface area contributed by atoms with Gasteiger partial charge in [-0.05, 0) is 42.2 Å². The summed E-state index contributed by atoms with van der Waals surface area (Å²) in [7, 11) is 0. The Labute approximate surface area is 220 Å². The van der Waals surface area contributed by atoms with Crippen LogP contribution in [0.4, 0.5) is 0 Å². The molecule has 0 saturated carbocycles. The molecule has 8 heteroatoms. The number of hydrogen-bond donors (Lipinski definition) is 1. The third-order valence-electron chi connectivity index (χ3n) is 8.00. The third kappa shape index (κ3) is 4.16. The normalized spacial score (nSPS) is 17.1. The Hall–Kier alpha value is -4.30. The minimum Gasteiger partial charge on any atom is -0.346 e. The molecule has 8 nitrogen and oxygen atoms in total. The molecule has 2 aromatic carbocycles. The van der Waals surface area contributed by atoms with Gasteiger partial charge in [0.25, 0.3) is 5.91 Å². The first kappa shape index (κ1) is 22.9. The molecule has 38 heavy (non-hydrogen) atoms. The molecule has 2 fully saturated rings. The second-order valence-electron chi connectivity index (χ2n) is 10.2. The summed E-state index contributed by atoms with van der Waals surface area (Å²) in [5, 5.41) is 5.66. The smallest absolute Gasteiger partial charge is 0.253 e. The molecular weight excluding hydrogens is 474 g/mol. The summed E-state index contributed by atoms with van der Waals surface area (Å²) in [5.41, 5.74) is 5.82. The number of aromatic amines is 1. The first-order chi connectivity index (χ1) is 18.7. The molecule has 0 aliphatic carbocycles. The van der Waals surface area contributed by atoms with E-state index in [-0.39, 0.29) is 5.91 Å². The molecular formula is C30H29N7O. The van der Waals surface area contributed by atoms with Crippen molar-refractivity contribution in [3.8, 4) is 22.4 Å². The minimum absolute atomic E-state index is 0.134. The van der Waals surface area contributed by atoms with Crippen LogP contribution in [-0.4, -0.2) is 72.7 Å². The van der Waals surface area contributed by atoms with E-state index in [1.807, 2.05) is 65.8 Å². The van der Waals surface area contributed by atoms with Gasteiger partial charge in [0.05, 0.1) is 17.9 Å². The molecule has 0 spiro atoms. The van der Waals surface area contributed by atoms with Crippen molar-refractivity contribution in [3.63, 3.8) is 0 Å². The Morgan fingerprint density at radius 1 is 0.842 bits per heavy atom. The number of benzene rings is 2. The van der Waals surface area contributed by atoms with Crippen LogP contribution in [-0.2, 0) is 0 Å². The number of rotatable bonds is 5. The van der Waals surface area contributed by atoms with E-state index in [1.54, 1.807) is 6.33 Å². The van der Waals surface area contributed by atoms with Crippen molar-refractivity contribution < 1.29 is 4.79 Å². The van der Waals surface area contributed by atoms with Gasteiger partial charge in [0.15, 0.2) is 0 Å². The monoisotopic (exact) mass is 503 g/mol. The van der Waals surface area contributed by atoms with Crippen LogP contribution in [0, 0.1) is 0 Å². The Kier molecular flexibility index (Phi) is 5.74. The average Bonchev–Trinajstić information content (AvgIpc) is 3.63. The summed E-state index contributed by atoms with van der Waals surface area (Å²) >= 11 is 0. The molecule has 1 N–H and O–H groups in total. The average molecular weight is 504 g/mol. The molecule has 3 aromatic heterocycles. The van der Waals surface area contributed by atoms with E-state index < -0.39 is 0 Å². The van der Waals surface area contributed by atoms with E-state index in [0.29, 0.717) is 12.1 Å². The van der Waals surface area contributed by atoms with Crippen molar-refractivity contribution in [1.29, 1.82) is 0 Å². The predicted molar refractivity (Wildman–Crippen MR) is 147 cm³/mol. The molecule has 0 bridgehead atoms. The minimum atomic E-state index is 0.134. The second-order valence-corrected chi connectivity index (χ2v) is 10.2. The number of aromatic nitrogens is 5. The quantitative estimate of drug-likeness (QED) is 0.378. The molecule has 2 aliphatic rings. The Morgan fingerprint density at radius 2 is 1.61 bits per heavy atom. The van der Waals surface area contributed by atoms with Gasteiger partial charge in [-0.3, -0.25) is 14.4 Å². The van der Waals surface area contributed by atoms with Crippen LogP contribution in [0.25, 0.3) is 33.4 Å². The van der Waals surface area contributed by atoms with E-state index >= 15 is 0 Å². The van der Waals surface area contributed by atoms with E-state index in [9.17, 15) is 4.79 Å². The molecule has 0 atom stereocenters. The lowest BCUT2D eigenvalue weighted by Gasteiger charge is -2.47. The zero-order valence-corrected chi connectivity index (χ0v) is 21.1. The van der Waals surface area contributed by atoms with Crippen LogP contribution in [0.15, 0.2) is 85.6 Å². The number of H-pyrrole nitrogens is 1. The highest BCUT2D eigenvalue weighted by atomic mass is 16.2. The topological polar surface area (TPSA) is 82.9 Å². The molecule has 7 rings (SSSR count). The standard InChI is InChI=1S/C30H29N7O/c38-30(23-8-6-22(7-9-23)21-4-2-1-3-5-21)35-14-11-25(12-15-35)36-18-26(19-36)37-17-24(16-34-37)28-27-10-13-31-29(27)33-20-32-28/h1-10,13,16-17,20,25-26H,11-12,14-15,18-19H2,(H,31,32,33). The maximum absolute atomic E-state index is 13.1. The third-order valence-corrected chi connectivity index (χ3v) is 8.00. The fraction of sp³-hybridized carbons (Fsp3) is 0.267. The van der Waals surface area contributed by atoms with Gasteiger partial charge < -0.3 is 9.88 Å². The van der Waals surface area contributed by atoms with Crippen LogP contribution < -0.4 is 0 Å². The molecule has 2 aliphatic heterocycles.